The van der Waals surface area contributed by atoms with Crippen LogP contribution in [0.15, 0.2) is 12.1 Å². The SMILES string of the molecule is CCCC[C@H]1CC[C@H](CCC2CCC(c3ccc(C#N)c(F)c3F)CC2)CC1. The third-order valence-electron chi connectivity index (χ3n) is 7.43. The van der Waals surface area contributed by atoms with E-state index in [0.29, 0.717) is 5.56 Å². The van der Waals surface area contributed by atoms with E-state index in [2.05, 4.69) is 6.92 Å². The predicted molar refractivity (Wildman–Crippen MR) is 110 cm³/mol. The van der Waals surface area contributed by atoms with Gasteiger partial charge in [-0.3, -0.25) is 0 Å². The minimum Gasteiger partial charge on any atom is -0.203 e. The molecule has 0 saturated heterocycles. The van der Waals surface area contributed by atoms with Crippen molar-refractivity contribution in [3.63, 3.8) is 0 Å². The van der Waals surface area contributed by atoms with Crippen molar-refractivity contribution in [3.05, 3.63) is 34.9 Å². The lowest BCUT2D eigenvalue weighted by Gasteiger charge is -2.32. The Labute approximate surface area is 169 Å². The molecule has 0 spiro atoms. The van der Waals surface area contributed by atoms with Crippen molar-refractivity contribution in [1.82, 2.24) is 0 Å². The van der Waals surface area contributed by atoms with E-state index < -0.39 is 11.6 Å². The molecule has 0 amide bonds. The highest BCUT2D eigenvalue weighted by Gasteiger charge is 2.27. The number of hydrogen-bond acceptors (Lipinski definition) is 1. The summed E-state index contributed by atoms with van der Waals surface area (Å²) in [6.07, 6.45) is 16.6. The largest absolute Gasteiger partial charge is 0.203 e. The molecular formula is C25H35F2N. The van der Waals surface area contributed by atoms with Gasteiger partial charge in [-0.05, 0) is 61.0 Å². The molecule has 28 heavy (non-hydrogen) atoms. The molecule has 0 bridgehead atoms. The van der Waals surface area contributed by atoms with Gasteiger partial charge in [-0.2, -0.15) is 5.26 Å². The highest BCUT2D eigenvalue weighted by molar-refractivity contribution is 5.36. The molecule has 0 unspecified atom stereocenters. The van der Waals surface area contributed by atoms with Crippen molar-refractivity contribution < 1.29 is 8.78 Å². The number of nitriles is 1. The molecule has 3 rings (SSSR count). The average Bonchev–Trinajstić information content (AvgIpc) is 2.74. The van der Waals surface area contributed by atoms with Crippen LogP contribution in [-0.4, -0.2) is 0 Å². The normalized spacial score (nSPS) is 28.1. The molecule has 1 nitrogen and oxygen atoms in total. The van der Waals surface area contributed by atoms with Crippen molar-refractivity contribution in [1.29, 1.82) is 5.26 Å². The summed E-state index contributed by atoms with van der Waals surface area (Å²) in [6.45, 7) is 2.28. The van der Waals surface area contributed by atoms with Crippen LogP contribution in [0.4, 0.5) is 8.78 Å². The Morgan fingerprint density at radius 1 is 0.821 bits per heavy atom. The molecule has 0 aromatic heterocycles. The number of hydrogen-bond donors (Lipinski definition) is 0. The average molecular weight is 388 g/mol. The first-order chi connectivity index (χ1) is 13.6. The zero-order valence-corrected chi connectivity index (χ0v) is 17.4. The van der Waals surface area contributed by atoms with E-state index in [1.807, 2.05) is 0 Å². The van der Waals surface area contributed by atoms with Gasteiger partial charge >= 0.3 is 0 Å². The van der Waals surface area contributed by atoms with Crippen LogP contribution in [0.25, 0.3) is 0 Å². The first-order valence-corrected chi connectivity index (χ1v) is 11.5. The summed E-state index contributed by atoms with van der Waals surface area (Å²) in [6, 6.07) is 4.77. The van der Waals surface area contributed by atoms with Gasteiger partial charge in [0, 0.05) is 0 Å². The zero-order valence-electron chi connectivity index (χ0n) is 17.4. The third-order valence-corrected chi connectivity index (χ3v) is 7.43. The molecule has 154 valence electrons. The molecule has 1 aromatic rings. The molecule has 0 atom stereocenters. The zero-order chi connectivity index (χ0) is 19.9. The Balaban J connectivity index is 1.41. The van der Waals surface area contributed by atoms with E-state index in [1.54, 1.807) is 12.1 Å². The fraction of sp³-hybridized carbons (Fsp3) is 0.720. The van der Waals surface area contributed by atoms with Crippen LogP contribution in [0.2, 0.25) is 0 Å². The molecule has 2 fully saturated rings. The molecule has 0 radical (unpaired) electrons. The first kappa shape index (κ1) is 21.3. The Kier molecular flexibility index (Phi) is 7.89. The molecular weight excluding hydrogens is 352 g/mol. The van der Waals surface area contributed by atoms with Gasteiger partial charge in [0.2, 0.25) is 0 Å². The maximum Gasteiger partial charge on any atom is 0.176 e. The molecule has 2 saturated carbocycles. The van der Waals surface area contributed by atoms with Crippen molar-refractivity contribution in [3.8, 4) is 6.07 Å². The van der Waals surface area contributed by atoms with E-state index in [1.165, 1.54) is 63.9 Å². The summed E-state index contributed by atoms with van der Waals surface area (Å²) in [7, 11) is 0. The van der Waals surface area contributed by atoms with E-state index in [4.69, 9.17) is 5.26 Å². The van der Waals surface area contributed by atoms with Gasteiger partial charge in [0.1, 0.15) is 6.07 Å². The topological polar surface area (TPSA) is 23.8 Å². The second-order valence-corrected chi connectivity index (χ2v) is 9.27. The quantitative estimate of drug-likeness (QED) is 0.466. The Morgan fingerprint density at radius 3 is 1.89 bits per heavy atom. The Morgan fingerprint density at radius 2 is 1.36 bits per heavy atom. The van der Waals surface area contributed by atoms with Crippen molar-refractivity contribution in [2.24, 2.45) is 17.8 Å². The van der Waals surface area contributed by atoms with Gasteiger partial charge in [0.25, 0.3) is 0 Å². The maximum atomic E-state index is 14.3. The highest BCUT2D eigenvalue weighted by atomic mass is 19.2. The van der Waals surface area contributed by atoms with Gasteiger partial charge in [0.15, 0.2) is 11.6 Å². The van der Waals surface area contributed by atoms with Crippen LogP contribution in [0.1, 0.15) is 107 Å². The molecule has 2 aliphatic rings. The van der Waals surface area contributed by atoms with Crippen LogP contribution in [0, 0.1) is 40.7 Å². The van der Waals surface area contributed by atoms with Crippen LogP contribution in [-0.2, 0) is 0 Å². The highest BCUT2D eigenvalue weighted by Crippen LogP contribution is 2.41. The van der Waals surface area contributed by atoms with E-state index >= 15 is 0 Å². The van der Waals surface area contributed by atoms with E-state index in [0.717, 1.165) is 43.4 Å². The van der Waals surface area contributed by atoms with Crippen molar-refractivity contribution in [2.75, 3.05) is 0 Å². The molecule has 2 aliphatic carbocycles. The lowest BCUT2D eigenvalue weighted by atomic mass is 9.74. The fourth-order valence-corrected chi connectivity index (χ4v) is 5.50. The second kappa shape index (κ2) is 10.4. The second-order valence-electron chi connectivity index (χ2n) is 9.27. The summed E-state index contributed by atoms with van der Waals surface area (Å²) < 4.78 is 28.2. The van der Waals surface area contributed by atoms with Crippen LogP contribution < -0.4 is 0 Å². The molecule has 0 heterocycles. The summed E-state index contributed by atoms with van der Waals surface area (Å²) in [5.74, 6) is 0.974. The van der Waals surface area contributed by atoms with Crippen molar-refractivity contribution in [2.45, 2.75) is 96.3 Å². The monoisotopic (exact) mass is 387 g/mol. The lowest BCUT2D eigenvalue weighted by Crippen LogP contribution is -2.18. The van der Waals surface area contributed by atoms with Crippen LogP contribution in [0.3, 0.4) is 0 Å². The van der Waals surface area contributed by atoms with Crippen LogP contribution in [0.5, 0.6) is 0 Å². The van der Waals surface area contributed by atoms with E-state index in [-0.39, 0.29) is 11.5 Å². The third kappa shape index (κ3) is 5.34. The minimum atomic E-state index is -0.975. The van der Waals surface area contributed by atoms with Gasteiger partial charge in [-0.15, -0.1) is 0 Å². The summed E-state index contributed by atoms with van der Waals surface area (Å²) in [5, 5.41) is 8.84. The maximum absolute atomic E-state index is 14.3. The van der Waals surface area contributed by atoms with Gasteiger partial charge in [0.05, 0.1) is 5.56 Å². The number of unbranched alkanes of at least 4 members (excludes halogenated alkanes) is 1. The molecule has 1 aromatic carbocycles. The number of rotatable bonds is 7. The summed E-state index contributed by atoms with van der Waals surface area (Å²) in [4.78, 5) is 0. The number of halogens is 2. The van der Waals surface area contributed by atoms with Gasteiger partial charge in [-0.25, -0.2) is 8.78 Å². The fourth-order valence-electron chi connectivity index (χ4n) is 5.50. The summed E-state index contributed by atoms with van der Waals surface area (Å²) >= 11 is 0. The van der Waals surface area contributed by atoms with Crippen LogP contribution >= 0.6 is 0 Å². The minimum absolute atomic E-state index is 0.104. The predicted octanol–water partition coefficient (Wildman–Crippen LogP) is 7.89. The van der Waals surface area contributed by atoms with Gasteiger partial charge in [-0.1, -0.05) is 70.8 Å². The molecule has 0 N–H and O–H groups in total. The summed E-state index contributed by atoms with van der Waals surface area (Å²) in [5.41, 5.74) is 0.278. The van der Waals surface area contributed by atoms with E-state index in [9.17, 15) is 8.78 Å². The van der Waals surface area contributed by atoms with Gasteiger partial charge < -0.3 is 0 Å². The number of nitrogens with zero attached hydrogens (tertiary/aromatic N) is 1. The standard InChI is InChI=1S/C25H35F2N/c1-2-3-4-18-5-7-19(8-6-18)9-10-20-11-13-21(14-12-20)23-16-15-22(17-28)24(26)25(23)27/h15-16,18-21H,2-14H2,1H3/t18-,19-,20?,21?. The van der Waals surface area contributed by atoms with Crippen molar-refractivity contribution >= 4 is 0 Å². The number of benzene rings is 1. The Bertz CT molecular complexity index is 662. The lowest BCUT2D eigenvalue weighted by molar-refractivity contribution is 0.222. The Hall–Kier alpha value is -1.43. The smallest absolute Gasteiger partial charge is 0.176 e. The molecule has 0 aliphatic heterocycles. The first-order valence-electron chi connectivity index (χ1n) is 11.5. The molecule has 3 heteroatoms.